The highest BCUT2D eigenvalue weighted by molar-refractivity contribution is 7.92. The van der Waals surface area contributed by atoms with Gasteiger partial charge in [0.1, 0.15) is 30.5 Å². The van der Waals surface area contributed by atoms with E-state index in [2.05, 4.69) is 21.8 Å². The molecular formula is C32H34N2O7S. The molecule has 9 nitrogen and oxygen atoms in total. The molecule has 4 aromatic carbocycles. The van der Waals surface area contributed by atoms with E-state index in [9.17, 15) is 13.2 Å². The van der Waals surface area contributed by atoms with Crippen LogP contribution in [0.2, 0.25) is 0 Å². The van der Waals surface area contributed by atoms with Crippen LogP contribution in [0.15, 0.2) is 97.1 Å². The van der Waals surface area contributed by atoms with Crippen LogP contribution < -0.4 is 19.1 Å². The van der Waals surface area contributed by atoms with Crippen LogP contribution >= 0.6 is 0 Å². The number of hydrogen-bond donors (Lipinski definition) is 2. The number of aliphatic carboxylic acids is 1. The number of anilines is 2. The number of hydrogen-bond acceptors (Lipinski definition) is 7. The van der Waals surface area contributed by atoms with Crippen molar-refractivity contribution in [2.24, 2.45) is 0 Å². The SMILES string of the molecule is Cc1c(NS(C)(=O)=O)cccc1N(Cc1ccccc1)Cc1ccc(Oc2cccc(OCCOCC(=O)O)c2)cc1. The molecule has 0 radical (unpaired) electrons. The molecule has 2 N–H and O–H groups in total. The van der Waals surface area contributed by atoms with Gasteiger partial charge in [-0.3, -0.25) is 4.72 Å². The maximum atomic E-state index is 11.9. The first-order valence-electron chi connectivity index (χ1n) is 13.3. The Kier molecular flexibility index (Phi) is 10.4. The molecule has 220 valence electrons. The summed E-state index contributed by atoms with van der Waals surface area (Å²) in [5, 5.41) is 8.63. The van der Waals surface area contributed by atoms with Gasteiger partial charge in [-0.2, -0.15) is 0 Å². The monoisotopic (exact) mass is 590 g/mol. The highest BCUT2D eigenvalue weighted by Gasteiger charge is 2.15. The highest BCUT2D eigenvalue weighted by atomic mass is 32.2. The number of sulfonamides is 1. The molecule has 0 atom stereocenters. The first-order valence-corrected chi connectivity index (χ1v) is 15.2. The zero-order chi connectivity index (χ0) is 30.0. The molecule has 4 rings (SSSR count). The molecule has 0 fully saturated rings. The zero-order valence-electron chi connectivity index (χ0n) is 23.5. The molecule has 0 aliphatic carbocycles. The molecular weight excluding hydrogens is 556 g/mol. The van der Waals surface area contributed by atoms with Crippen molar-refractivity contribution >= 4 is 27.4 Å². The summed E-state index contributed by atoms with van der Waals surface area (Å²) < 4.78 is 43.1. The van der Waals surface area contributed by atoms with Gasteiger partial charge in [-0.25, -0.2) is 13.2 Å². The number of nitrogens with zero attached hydrogens (tertiary/aromatic N) is 1. The van der Waals surface area contributed by atoms with E-state index in [1.54, 1.807) is 18.2 Å². The Balaban J connectivity index is 1.46. The predicted molar refractivity (Wildman–Crippen MR) is 163 cm³/mol. The van der Waals surface area contributed by atoms with Crippen molar-refractivity contribution < 1.29 is 32.5 Å². The van der Waals surface area contributed by atoms with Crippen molar-refractivity contribution in [3.63, 3.8) is 0 Å². The normalized spacial score (nSPS) is 11.1. The number of nitrogens with one attached hydrogen (secondary N) is 1. The molecule has 10 heteroatoms. The molecule has 0 spiro atoms. The number of carboxylic acid groups (broad SMARTS) is 1. The Hall–Kier alpha value is -4.54. The van der Waals surface area contributed by atoms with Crippen LogP contribution in [0, 0.1) is 6.92 Å². The fourth-order valence-corrected chi connectivity index (χ4v) is 4.95. The van der Waals surface area contributed by atoms with Crippen molar-refractivity contribution in [1.82, 2.24) is 0 Å². The van der Waals surface area contributed by atoms with Crippen LogP contribution in [-0.4, -0.2) is 45.6 Å². The third-order valence-corrected chi connectivity index (χ3v) is 6.81. The standard InChI is InChI=1S/C32H34N2O7S/c1-24-30(33-42(2,37)38)12-7-13-31(24)34(21-25-8-4-3-5-9-25)22-26-14-16-27(17-15-26)41-29-11-6-10-28(20-29)40-19-18-39-23-32(35)36/h3-17,20,33H,18-19,21-23H2,1-2H3,(H,35,36). The van der Waals surface area contributed by atoms with Gasteiger partial charge in [0.15, 0.2) is 0 Å². The van der Waals surface area contributed by atoms with E-state index < -0.39 is 16.0 Å². The highest BCUT2D eigenvalue weighted by Crippen LogP contribution is 2.31. The van der Waals surface area contributed by atoms with Gasteiger partial charge in [-0.05, 0) is 60.0 Å². The smallest absolute Gasteiger partial charge is 0.329 e. The molecule has 0 heterocycles. The quantitative estimate of drug-likeness (QED) is 0.166. The van der Waals surface area contributed by atoms with Crippen LogP contribution in [0.5, 0.6) is 17.2 Å². The fraction of sp³-hybridized carbons (Fsp3) is 0.219. The summed E-state index contributed by atoms with van der Waals surface area (Å²) in [5.41, 5.74) is 4.51. The van der Waals surface area contributed by atoms with Gasteiger partial charge < -0.3 is 24.2 Å². The second-order valence-corrected chi connectivity index (χ2v) is 11.4. The summed E-state index contributed by atoms with van der Waals surface area (Å²) in [5.74, 6) is 0.822. The molecule has 0 saturated heterocycles. The van der Waals surface area contributed by atoms with Gasteiger partial charge in [0, 0.05) is 24.8 Å². The number of carboxylic acids is 1. The summed E-state index contributed by atoms with van der Waals surface area (Å²) >= 11 is 0. The zero-order valence-corrected chi connectivity index (χ0v) is 24.3. The summed E-state index contributed by atoms with van der Waals surface area (Å²) in [6, 6.07) is 30.7. The minimum Gasteiger partial charge on any atom is -0.491 e. The first kappa shape index (κ1) is 30.4. The van der Waals surface area contributed by atoms with E-state index in [0.717, 1.165) is 28.6 Å². The van der Waals surface area contributed by atoms with E-state index in [4.69, 9.17) is 19.3 Å². The van der Waals surface area contributed by atoms with Gasteiger partial charge in [-0.15, -0.1) is 0 Å². The lowest BCUT2D eigenvalue weighted by Gasteiger charge is -2.28. The van der Waals surface area contributed by atoms with Gasteiger partial charge >= 0.3 is 5.97 Å². The van der Waals surface area contributed by atoms with Crippen molar-refractivity contribution in [2.75, 3.05) is 35.7 Å². The Morgan fingerprint density at radius 2 is 1.48 bits per heavy atom. The van der Waals surface area contributed by atoms with Crippen LogP contribution in [0.1, 0.15) is 16.7 Å². The minimum atomic E-state index is -3.42. The largest absolute Gasteiger partial charge is 0.491 e. The Morgan fingerprint density at radius 1 is 0.810 bits per heavy atom. The van der Waals surface area contributed by atoms with E-state index in [-0.39, 0.29) is 19.8 Å². The second-order valence-electron chi connectivity index (χ2n) is 9.68. The summed E-state index contributed by atoms with van der Waals surface area (Å²) in [6.45, 7) is 3.16. The first-order chi connectivity index (χ1) is 20.2. The van der Waals surface area contributed by atoms with Crippen molar-refractivity contribution in [2.45, 2.75) is 20.0 Å². The van der Waals surface area contributed by atoms with Crippen molar-refractivity contribution in [1.29, 1.82) is 0 Å². The number of rotatable bonds is 15. The molecule has 0 unspecified atom stereocenters. The summed E-state index contributed by atoms with van der Waals surface area (Å²) in [7, 11) is -3.42. The van der Waals surface area contributed by atoms with Crippen molar-refractivity contribution in [3.05, 3.63) is 114 Å². The van der Waals surface area contributed by atoms with Crippen LogP contribution in [0.3, 0.4) is 0 Å². The van der Waals surface area contributed by atoms with Crippen LogP contribution in [0.25, 0.3) is 0 Å². The van der Waals surface area contributed by atoms with E-state index in [1.807, 2.05) is 73.7 Å². The number of carbonyl (C=O) groups is 1. The molecule has 0 saturated carbocycles. The lowest BCUT2D eigenvalue weighted by molar-refractivity contribution is -0.142. The van der Waals surface area contributed by atoms with Gasteiger partial charge in [-0.1, -0.05) is 54.6 Å². The summed E-state index contributed by atoms with van der Waals surface area (Å²) in [6.07, 6.45) is 1.15. The molecule has 0 bridgehead atoms. The van der Waals surface area contributed by atoms with E-state index in [0.29, 0.717) is 36.0 Å². The third-order valence-electron chi connectivity index (χ3n) is 6.22. The fourth-order valence-electron chi connectivity index (χ4n) is 4.33. The van der Waals surface area contributed by atoms with Crippen molar-refractivity contribution in [3.8, 4) is 17.2 Å². The molecule has 0 amide bonds. The maximum Gasteiger partial charge on any atom is 0.329 e. The maximum absolute atomic E-state index is 11.9. The van der Waals surface area contributed by atoms with Crippen LogP contribution in [0.4, 0.5) is 11.4 Å². The Morgan fingerprint density at radius 3 is 2.17 bits per heavy atom. The topological polar surface area (TPSA) is 114 Å². The van der Waals surface area contributed by atoms with Gasteiger partial charge in [0.25, 0.3) is 0 Å². The minimum absolute atomic E-state index is 0.165. The molecule has 42 heavy (non-hydrogen) atoms. The second kappa shape index (κ2) is 14.4. The molecule has 0 aromatic heterocycles. The Labute approximate surface area is 246 Å². The van der Waals surface area contributed by atoms with Gasteiger partial charge in [0.05, 0.1) is 18.6 Å². The van der Waals surface area contributed by atoms with E-state index in [1.165, 1.54) is 0 Å². The van der Waals surface area contributed by atoms with E-state index >= 15 is 0 Å². The summed E-state index contributed by atoms with van der Waals surface area (Å²) in [4.78, 5) is 12.7. The molecule has 0 aliphatic heterocycles. The number of ether oxygens (including phenoxy) is 3. The average molecular weight is 591 g/mol. The lowest BCUT2D eigenvalue weighted by atomic mass is 10.1. The van der Waals surface area contributed by atoms with Gasteiger partial charge in [0.2, 0.25) is 10.0 Å². The lowest BCUT2D eigenvalue weighted by Crippen LogP contribution is -2.23. The molecule has 0 aliphatic rings. The average Bonchev–Trinajstić information content (AvgIpc) is 2.95. The van der Waals surface area contributed by atoms with Crippen LogP contribution in [-0.2, 0) is 32.6 Å². The molecule has 4 aromatic rings. The third kappa shape index (κ3) is 9.53. The Bertz CT molecular complexity index is 1580. The predicted octanol–water partition coefficient (Wildman–Crippen LogP) is 5.85. The number of benzene rings is 4.